The summed E-state index contributed by atoms with van der Waals surface area (Å²) < 4.78 is 2.14. The molecule has 0 saturated carbocycles. The van der Waals surface area contributed by atoms with E-state index in [0.29, 0.717) is 0 Å². The van der Waals surface area contributed by atoms with Crippen LogP contribution in [-0.2, 0) is 5.33 Å². The summed E-state index contributed by atoms with van der Waals surface area (Å²) in [5.74, 6) is 0. The average Bonchev–Trinajstić information content (AvgIpc) is 2.82. The van der Waals surface area contributed by atoms with Gasteiger partial charge in [0.15, 0.2) is 0 Å². The second-order valence-corrected chi connectivity index (χ2v) is 4.92. The molecule has 3 heteroatoms. The maximum absolute atomic E-state index is 4.43. The van der Waals surface area contributed by atoms with E-state index < -0.39 is 0 Å². The molecule has 2 nitrogen and oxygen atoms in total. The number of para-hydroxylation sites is 2. The highest BCUT2D eigenvalue weighted by Gasteiger charge is 2.06. The third-order valence-electron chi connectivity index (χ3n) is 3.13. The molecule has 0 atom stereocenters. The summed E-state index contributed by atoms with van der Waals surface area (Å²) in [4.78, 5) is 4.43. The van der Waals surface area contributed by atoms with E-state index in [4.69, 9.17) is 0 Å². The van der Waals surface area contributed by atoms with Gasteiger partial charge in [0.25, 0.3) is 0 Å². The van der Waals surface area contributed by atoms with Crippen molar-refractivity contribution in [3.8, 4) is 5.69 Å². The second-order valence-electron chi connectivity index (χ2n) is 4.36. The third-order valence-corrected chi connectivity index (χ3v) is 3.78. The highest BCUT2D eigenvalue weighted by atomic mass is 79.9. The van der Waals surface area contributed by atoms with E-state index in [9.17, 15) is 0 Å². The van der Waals surface area contributed by atoms with E-state index in [-0.39, 0.29) is 0 Å². The molecule has 3 aromatic rings. The minimum Gasteiger partial charge on any atom is -0.299 e. The SMILES string of the molecule is Cc1cc(CBr)ccc1-n1cnc2ccccc21. The van der Waals surface area contributed by atoms with Crippen molar-refractivity contribution < 1.29 is 0 Å². The number of hydrogen-bond acceptors (Lipinski definition) is 1. The number of halogens is 1. The van der Waals surface area contributed by atoms with E-state index in [0.717, 1.165) is 16.4 Å². The highest BCUT2D eigenvalue weighted by molar-refractivity contribution is 9.08. The van der Waals surface area contributed by atoms with Gasteiger partial charge >= 0.3 is 0 Å². The predicted molar refractivity (Wildman–Crippen MR) is 78.4 cm³/mol. The number of imidazole rings is 1. The van der Waals surface area contributed by atoms with Crippen molar-refractivity contribution in [3.05, 3.63) is 59.9 Å². The van der Waals surface area contributed by atoms with Crippen molar-refractivity contribution in [3.63, 3.8) is 0 Å². The Balaban J connectivity index is 2.20. The van der Waals surface area contributed by atoms with Crippen molar-refractivity contribution in [2.24, 2.45) is 0 Å². The van der Waals surface area contributed by atoms with E-state index in [1.807, 2.05) is 24.5 Å². The summed E-state index contributed by atoms with van der Waals surface area (Å²) in [6.45, 7) is 2.14. The van der Waals surface area contributed by atoms with Gasteiger partial charge < -0.3 is 0 Å². The molecule has 0 spiro atoms. The minimum absolute atomic E-state index is 0.888. The van der Waals surface area contributed by atoms with E-state index in [1.165, 1.54) is 16.8 Å². The molecule has 0 bridgehead atoms. The minimum atomic E-state index is 0.888. The molecule has 0 unspecified atom stereocenters. The zero-order valence-corrected chi connectivity index (χ0v) is 11.7. The van der Waals surface area contributed by atoms with Gasteiger partial charge in [0, 0.05) is 5.33 Å². The standard InChI is InChI=1S/C15H13BrN2/c1-11-8-12(9-16)6-7-14(11)18-10-17-13-4-2-3-5-15(13)18/h2-8,10H,9H2,1H3. The molecular formula is C15H13BrN2. The van der Waals surface area contributed by atoms with Gasteiger partial charge in [-0.1, -0.05) is 40.2 Å². The molecule has 1 heterocycles. The first-order valence-electron chi connectivity index (χ1n) is 5.87. The van der Waals surface area contributed by atoms with Crippen LogP contribution in [0, 0.1) is 6.92 Å². The first-order valence-corrected chi connectivity index (χ1v) is 6.99. The Bertz CT molecular complexity index is 701. The van der Waals surface area contributed by atoms with Gasteiger partial charge in [0.05, 0.1) is 16.7 Å². The van der Waals surface area contributed by atoms with Crippen LogP contribution in [0.2, 0.25) is 0 Å². The first kappa shape index (κ1) is 11.5. The maximum Gasteiger partial charge on any atom is 0.100 e. The number of aryl methyl sites for hydroxylation is 1. The van der Waals surface area contributed by atoms with Crippen LogP contribution in [0.3, 0.4) is 0 Å². The number of fused-ring (bicyclic) bond motifs is 1. The molecule has 0 N–H and O–H groups in total. The molecule has 0 aliphatic heterocycles. The molecule has 0 aliphatic carbocycles. The van der Waals surface area contributed by atoms with Crippen LogP contribution in [0.15, 0.2) is 48.8 Å². The zero-order chi connectivity index (χ0) is 12.5. The summed E-state index contributed by atoms with van der Waals surface area (Å²) in [6.07, 6.45) is 1.89. The van der Waals surface area contributed by atoms with Crippen LogP contribution >= 0.6 is 15.9 Å². The van der Waals surface area contributed by atoms with E-state index in [2.05, 4.69) is 56.7 Å². The molecule has 3 rings (SSSR count). The second kappa shape index (κ2) is 4.58. The van der Waals surface area contributed by atoms with Gasteiger partial charge in [0.1, 0.15) is 6.33 Å². The van der Waals surface area contributed by atoms with Gasteiger partial charge in [-0.2, -0.15) is 0 Å². The average molecular weight is 301 g/mol. The molecule has 0 fully saturated rings. The lowest BCUT2D eigenvalue weighted by atomic mass is 10.1. The number of hydrogen-bond donors (Lipinski definition) is 0. The Labute approximate surface area is 114 Å². The quantitative estimate of drug-likeness (QED) is 0.648. The van der Waals surface area contributed by atoms with Crippen LogP contribution in [-0.4, -0.2) is 9.55 Å². The summed E-state index contributed by atoms with van der Waals surface area (Å²) >= 11 is 3.49. The van der Waals surface area contributed by atoms with Crippen molar-refractivity contribution in [1.82, 2.24) is 9.55 Å². The Hall–Kier alpha value is -1.61. The van der Waals surface area contributed by atoms with Crippen LogP contribution in [0.5, 0.6) is 0 Å². The lowest BCUT2D eigenvalue weighted by Crippen LogP contribution is -1.96. The summed E-state index contributed by atoms with van der Waals surface area (Å²) in [6, 6.07) is 14.7. The summed E-state index contributed by atoms with van der Waals surface area (Å²) in [7, 11) is 0. The van der Waals surface area contributed by atoms with Crippen LogP contribution in [0.4, 0.5) is 0 Å². The van der Waals surface area contributed by atoms with Crippen molar-refractivity contribution in [1.29, 1.82) is 0 Å². The van der Waals surface area contributed by atoms with Gasteiger partial charge in [-0.15, -0.1) is 0 Å². The topological polar surface area (TPSA) is 17.8 Å². The van der Waals surface area contributed by atoms with Crippen LogP contribution in [0.1, 0.15) is 11.1 Å². The molecule has 0 aliphatic rings. The maximum atomic E-state index is 4.43. The highest BCUT2D eigenvalue weighted by Crippen LogP contribution is 2.22. The number of aromatic nitrogens is 2. The van der Waals surface area contributed by atoms with Gasteiger partial charge in [-0.3, -0.25) is 4.57 Å². The molecule has 90 valence electrons. The Kier molecular flexibility index (Phi) is 2.92. The van der Waals surface area contributed by atoms with Gasteiger partial charge in [-0.05, 0) is 36.2 Å². The molecule has 2 aromatic carbocycles. The number of alkyl halides is 1. The van der Waals surface area contributed by atoms with Crippen molar-refractivity contribution in [2.75, 3.05) is 0 Å². The van der Waals surface area contributed by atoms with E-state index in [1.54, 1.807) is 0 Å². The smallest absolute Gasteiger partial charge is 0.100 e. The van der Waals surface area contributed by atoms with Gasteiger partial charge in [-0.25, -0.2) is 4.98 Å². The Morgan fingerprint density at radius 1 is 1.17 bits per heavy atom. The lowest BCUT2D eigenvalue weighted by Gasteiger charge is -2.09. The zero-order valence-electron chi connectivity index (χ0n) is 10.1. The van der Waals surface area contributed by atoms with E-state index >= 15 is 0 Å². The number of benzene rings is 2. The molecular weight excluding hydrogens is 288 g/mol. The molecule has 0 radical (unpaired) electrons. The monoisotopic (exact) mass is 300 g/mol. The Morgan fingerprint density at radius 3 is 2.78 bits per heavy atom. The summed E-state index contributed by atoms with van der Waals surface area (Å²) in [5.41, 5.74) is 5.91. The predicted octanol–water partition coefficient (Wildman–Crippen LogP) is 4.23. The normalized spacial score (nSPS) is 11.0. The molecule has 18 heavy (non-hydrogen) atoms. The fourth-order valence-corrected chi connectivity index (χ4v) is 2.57. The third kappa shape index (κ3) is 1.85. The summed E-state index contributed by atoms with van der Waals surface area (Å²) in [5, 5.41) is 0.888. The first-order chi connectivity index (χ1) is 8.79. The largest absolute Gasteiger partial charge is 0.299 e. The van der Waals surface area contributed by atoms with Crippen LogP contribution < -0.4 is 0 Å². The van der Waals surface area contributed by atoms with Crippen LogP contribution in [0.25, 0.3) is 16.7 Å². The van der Waals surface area contributed by atoms with Crippen molar-refractivity contribution in [2.45, 2.75) is 12.3 Å². The Morgan fingerprint density at radius 2 is 2.00 bits per heavy atom. The number of nitrogens with zero attached hydrogens (tertiary/aromatic N) is 2. The number of rotatable bonds is 2. The lowest BCUT2D eigenvalue weighted by molar-refractivity contribution is 1.07. The molecule has 1 aromatic heterocycles. The fourth-order valence-electron chi connectivity index (χ4n) is 2.22. The molecule has 0 amide bonds. The van der Waals surface area contributed by atoms with Crippen molar-refractivity contribution >= 4 is 27.0 Å². The van der Waals surface area contributed by atoms with Gasteiger partial charge in [0.2, 0.25) is 0 Å². The fraction of sp³-hybridized carbons (Fsp3) is 0.133. The molecule has 0 saturated heterocycles.